The van der Waals surface area contributed by atoms with Gasteiger partial charge in [-0.2, -0.15) is 0 Å². The van der Waals surface area contributed by atoms with Crippen molar-refractivity contribution in [3.63, 3.8) is 0 Å². The fourth-order valence-electron chi connectivity index (χ4n) is 0.780. The number of rotatable bonds is 5. The Hall–Kier alpha value is -0.900. The van der Waals surface area contributed by atoms with Crippen LogP contribution in [0.2, 0.25) is 0 Å². The maximum atomic E-state index is 5.07. The third-order valence-electron chi connectivity index (χ3n) is 1.42. The van der Waals surface area contributed by atoms with E-state index in [0.29, 0.717) is 6.04 Å². The van der Waals surface area contributed by atoms with Crippen LogP contribution in [0.1, 0.15) is 26.2 Å². The van der Waals surface area contributed by atoms with Gasteiger partial charge in [-0.05, 0) is 6.42 Å². The second-order valence-electron chi connectivity index (χ2n) is 2.27. The van der Waals surface area contributed by atoms with Gasteiger partial charge in [0.2, 0.25) is 0 Å². The van der Waals surface area contributed by atoms with Crippen molar-refractivity contribution in [1.82, 2.24) is 5.32 Å². The van der Waals surface area contributed by atoms with Crippen molar-refractivity contribution in [2.45, 2.75) is 32.2 Å². The highest BCUT2D eigenvalue weighted by Crippen LogP contribution is 1.99. The third-order valence-corrected chi connectivity index (χ3v) is 1.42. The molecule has 1 nitrogen and oxygen atoms in total. The van der Waals surface area contributed by atoms with Crippen molar-refractivity contribution < 1.29 is 0 Å². The van der Waals surface area contributed by atoms with Gasteiger partial charge in [-0.15, -0.1) is 6.58 Å². The molecule has 0 aromatic rings. The molecular weight excluding hydrogens is 122 g/mol. The molecule has 0 aromatic heterocycles. The first kappa shape index (κ1) is 9.10. The zero-order valence-corrected chi connectivity index (χ0v) is 6.56. The van der Waals surface area contributed by atoms with Crippen LogP contribution in [0.3, 0.4) is 0 Å². The summed E-state index contributed by atoms with van der Waals surface area (Å²) in [6.45, 7) is 5.84. The van der Waals surface area contributed by atoms with E-state index in [4.69, 9.17) is 6.42 Å². The lowest BCUT2D eigenvalue weighted by atomic mass is 10.1. The molecule has 1 atom stereocenters. The van der Waals surface area contributed by atoms with Gasteiger partial charge < -0.3 is 5.32 Å². The standard InChI is InChI=1S/C9H15N/c1-4-7-8-9(5-2)10-6-3/h3,5,9-10H,2,4,7-8H2,1H3. The van der Waals surface area contributed by atoms with Crippen molar-refractivity contribution in [3.05, 3.63) is 12.7 Å². The monoisotopic (exact) mass is 137 g/mol. The Balaban J connectivity index is 3.41. The van der Waals surface area contributed by atoms with E-state index >= 15 is 0 Å². The van der Waals surface area contributed by atoms with Crippen molar-refractivity contribution in [2.24, 2.45) is 0 Å². The Morgan fingerprint density at radius 1 is 1.80 bits per heavy atom. The SMILES string of the molecule is C#CNC(C=C)CCCC. The van der Waals surface area contributed by atoms with Crippen LogP contribution in [0.15, 0.2) is 12.7 Å². The summed E-state index contributed by atoms with van der Waals surface area (Å²) in [6, 6.07) is 2.70. The number of unbranched alkanes of at least 4 members (excludes halogenated alkanes) is 1. The first-order chi connectivity index (χ1) is 4.85. The highest BCUT2D eigenvalue weighted by Gasteiger charge is 1.97. The molecule has 1 unspecified atom stereocenters. The maximum Gasteiger partial charge on any atom is 0.0518 e. The minimum atomic E-state index is 0.296. The summed E-state index contributed by atoms with van der Waals surface area (Å²) in [5.74, 6) is 0. The fourth-order valence-corrected chi connectivity index (χ4v) is 0.780. The highest BCUT2D eigenvalue weighted by atomic mass is 14.9. The Bertz CT molecular complexity index is 121. The largest absolute Gasteiger partial charge is 0.339 e. The van der Waals surface area contributed by atoms with E-state index in [2.05, 4.69) is 24.9 Å². The van der Waals surface area contributed by atoms with Crippen molar-refractivity contribution >= 4 is 0 Å². The average Bonchev–Trinajstić information content (AvgIpc) is 1.98. The first-order valence-electron chi connectivity index (χ1n) is 3.68. The second kappa shape index (κ2) is 6.22. The smallest absolute Gasteiger partial charge is 0.0518 e. The molecule has 0 saturated carbocycles. The van der Waals surface area contributed by atoms with Crippen LogP contribution in [-0.4, -0.2) is 6.04 Å². The van der Waals surface area contributed by atoms with Crippen molar-refractivity contribution in [1.29, 1.82) is 0 Å². The van der Waals surface area contributed by atoms with Crippen LogP contribution in [0, 0.1) is 12.5 Å². The number of terminal acetylenes is 1. The molecule has 10 heavy (non-hydrogen) atoms. The molecule has 0 bridgehead atoms. The Labute approximate surface area is 63.5 Å². The molecule has 0 aliphatic carbocycles. The summed E-state index contributed by atoms with van der Waals surface area (Å²) in [7, 11) is 0. The quantitative estimate of drug-likeness (QED) is 0.347. The number of nitrogens with one attached hydrogen (secondary N) is 1. The van der Waals surface area contributed by atoms with Crippen LogP contribution in [-0.2, 0) is 0 Å². The van der Waals surface area contributed by atoms with Crippen LogP contribution in [0.25, 0.3) is 0 Å². The Kier molecular flexibility index (Phi) is 5.66. The maximum absolute atomic E-state index is 5.07. The lowest BCUT2D eigenvalue weighted by molar-refractivity contribution is 0.607. The Morgan fingerprint density at radius 2 is 2.50 bits per heavy atom. The zero-order chi connectivity index (χ0) is 7.82. The van der Waals surface area contributed by atoms with E-state index in [-0.39, 0.29) is 0 Å². The van der Waals surface area contributed by atoms with E-state index in [1.54, 1.807) is 0 Å². The molecule has 0 heterocycles. The molecule has 0 aliphatic rings. The zero-order valence-electron chi connectivity index (χ0n) is 6.56. The molecule has 0 fully saturated rings. The predicted octanol–water partition coefficient (Wildman–Crippen LogP) is 1.91. The minimum absolute atomic E-state index is 0.296. The summed E-state index contributed by atoms with van der Waals surface area (Å²) >= 11 is 0. The molecule has 1 N–H and O–H groups in total. The predicted molar refractivity (Wildman–Crippen MR) is 45.5 cm³/mol. The van der Waals surface area contributed by atoms with Gasteiger partial charge >= 0.3 is 0 Å². The van der Waals surface area contributed by atoms with E-state index in [0.717, 1.165) is 6.42 Å². The van der Waals surface area contributed by atoms with Gasteiger partial charge in [-0.25, -0.2) is 0 Å². The van der Waals surface area contributed by atoms with Crippen molar-refractivity contribution in [3.8, 4) is 12.5 Å². The molecule has 0 aliphatic heterocycles. The van der Waals surface area contributed by atoms with Gasteiger partial charge in [0.15, 0.2) is 0 Å². The molecule has 0 rings (SSSR count). The first-order valence-corrected chi connectivity index (χ1v) is 3.68. The van der Waals surface area contributed by atoms with Gasteiger partial charge in [-0.1, -0.05) is 32.3 Å². The Morgan fingerprint density at radius 3 is 2.90 bits per heavy atom. The van der Waals surface area contributed by atoms with Gasteiger partial charge in [-0.3, -0.25) is 0 Å². The average molecular weight is 137 g/mol. The molecular formula is C9H15N. The second-order valence-corrected chi connectivity index (χ2v) is 2.27. The van der Waals surface area contributed by atoms with Gasteiger partial charge in [0.25, 0.3) is 0 Å². The van der Waals surface area contributed by atoms with Gasteiger partial charge in [0, 0.05) is 6.04 Å². The summed E-state index contributed by atoms with van der Waals surface area (Å²) in [5, 5.41) is 2.88. The lowest BCUT2D eigenvalue weighted by Gasteiger charge is -2.08. The molecule has 0 amide bonds. The molecule has 0 aromatic carbocycles. The van der Waals surface area contributed by atoms with Crippen LogP contribution >= 0.6 is 0 Å². The molecule has 56 valence electrons. The summed E-state index contributed by atoms with van der Waals surface area (Å²) in [4.78, 5) is 0. The number of hydrogen-bond acceptors (Lipinski definition) is 1. The molecule has 0 radical (unpaired) electrons. The van der Waals surface area contributed by atoms with E-state index < -0.39 is 0 Å². The lowest BCUT2D eigenvalue weighted by Crippen LogP contribution is -2.21. The molecule has 0 spiro atoms. The summed E-state index contributed by atoms with van der Waals surface area (Å²) < 4.78 is 0. The summed E-state index contributed by atoms with van der Waals surface area (Å²) in [6.07, 6.45) is 10.4. The topological polar surface area (TPSA) is 12.0 Å². The van der Waals surface area contributed by atoms with Gasteiger partial charge in [0.05, 0.1) is 6.04 Å². The van der Waals surface area contributed by atoms with E-state index in [1.165, 1.54) is 12.8 Å². The molecule has 1 heteroatoms. The van der Waals surface area contributed by atoms with Gasteiger partial charge in [0.1, 0.15) is 0 Å². The summed E-state index contributed by atoms with van der Waals surface area (Å²) in [5.41, 5.74) is 0. The van der Waals surface area contributed by atoms with Crippen molar-refractivity contribution in [2.75, 3.05) is 0 Å². The normalized spacial score (nSPS) is 11.6. The van der Waals surface area contributed by atoms with E-state index in [9.17, 15) is 0 Å². The number of hydrogen-bond donors (Lipinski definition) is 1. The highest BCUT2D eigenvalue weighted by molar-refractivity contribution is 4.93. The third kappa shape index (κ3) is 4.03. The minimum Gasteiger partial charge on any atom is -0.339 e. The van der Waals surface area contributed by atoms with Crippen LogP contribution in [0.4, 0.5) is 0 Å². The van der Waals surface area contributed by atoms with Crippen LogP contribution in [0.5, 0.6) is 0 Å². The molecule has 0 saturated heterocycles. The van der Waals surface area contributed by atoms with E-state index in [1.807, 2.05) is 6.08 Å². The van der Waals surface area contributed by atoms with Crippen LogP contribution < -0.4 is 5.32 Å². The fraction of sp³-hybridized carbons (Fsp3) is 0.556.